The highest BCUT2D eigenvalue weighted by Crippen LogP contribution is 2.20. The fourth-order valence-electron chi connectivity index (χ4n) is 1.29. The number of esters is 1. The molecule has 1 N–H and O–H groups in total. The van der Waals surface area contributed by atoms with Crippen molar-refractivity contribution in [2.24, 2.45) is 0 Å². The molecule has 1 aliphatic carbocycles. The van der Waals surface area contributed by atoms with Crippen molar-refractivity contribution in [2.45, 2.75) is 31.8 Å². The Morgan fingerprint density at radius 3 is 3.08 bits per heavy atom. The highest BCUT2D eigenvalue weighted by molar-refractivity contribution is 5.72. The number of hydrogen-bond donors (Lipinski definition) is 1. The van der Waals surface area contributed by atoms with Gasteiger partial charge < -0.3 is 9.84 Å². The van der Waals surface area contributed by atoms with E-state index >= 15 is 0 Å². The molecule has 3 heteroatoms. The number of ether oxygens (including phenoxy) is 1. The van der Waals surface area contributed by atoms with Crippen molar-refractivity contribution in [3.05, 3.63) is 11.6 Å². The number of methoxy groups -OCH3 is 1. The van der Waals surface area contributed by atoms with Gasteiger partial charge in [0.1, 0.15) is 0 Å². The van der Waals surface area contributed by atoms with Crippen molar-refractivity contribution >= 4 is 5.97 Å². The molecule has 68 valence electrons. The second kappa shape index (κ2) is 4.26. The van der Waals surface area contributed by atoms with Crippen molar-refractivity contribution in [3.8, 4) is 0 Å². The molecule has 0 aliphatic heterocycles. The Morgan fingerprint density at radius 2 is 2.58 bits per heavy atom. The molecule has 1 aliphatic rings. The molecular weight excluding hydrogens is 156 g/mol. The van der Waals surface area contributed by atoms with Crippen LogP contribution in [0.15, 0.2) is 11.6 Å². The van der Waals surface area contributed by atoms with Crippen LogP contribution in [0.1, 0.15) is 25.7 Å². The van der Waals surface area contributed by atoms with E-state index in [1.807, 2.05) is 6.08 Å². The van der Waals surface area contributed by atoms with Gasteiger partial charge in [0.25, 0.3) is 0 Å². The quantitative estimate of drug-likeness (QED) is 0.497. The summed E-state index contributed by atoms with van der Waals surface area (Å²) >= 11 is 0. The number of rotatable bonds is 2. The third-order valence-corrected chi connectivity index (χ3v) is 2.08. The van der Waals surface area contributed by atoms with Crippen LogP contribution in [0.3, 0.4) is 0 Å². The summed E-state index contributed by atoms with van der Waals surface area (Å²) in [6, 6.07) is 0. The molecule has 3 nitrogen and oxygen atoms in total. The van der Waals surface area contributed by atoms with Crippen LogP contribution in [0.4, 0.5) is 0 Å². The number of hydrogen-bond acceptors (Lipinski definition) is 3. The van der Waals surface area contributed by atoms with E-state index in [-0.39, 0.29) is 12.1 Å². The molecule has 0 saturated heterocycles. The summed E-state index contributed by atoms with van der Waals surface area (Å²) in [7, 11) is 1.39. The molecule has 0 aromatic heterocycles. The van der Waals surface area contributed by atoms with Crippen molar-refractivity contribution in [2.75, 3.05) is 7.11 Å². The average molecular weight is 170 g/mol. The fraction of sp³-hybridized carbons (Fsp3) is 0.667. The van der Waals surface area contributed by atoms with Crippen molar-refractivity contribution < 1.29 is 14.6 Å². The van der Waals surface area contributed by atoms with E-state index in [4.69, 9.17) is 5.11 Å². The van der Waals surface area contributed by atoms with Gasteiger partial charge in [-0.05, 0) is 19.3 Å². The molecule has 0 heterocycles. The average Bonchev–Trinajstić information content (AvgIpc) is 2.09. The third kappa shape index (κ3) is 2.66. The van der Waals surface area contributed by atoms with E-state index in [1.54, 1.807) is 0 Å². The fourth-order valence-corrected chi connectivity index (χ4v) is 1.29. The summed E-state index contributed by atoms with van der Waals surface area (Å²) in [6.45, 7) is 0. The van der Waals surface area contributed by atoms with Crippen LogP contribution in [0, 0.1) is 0 Å². The molecule has 0 spiro atoms. The van der Waals surface area contributed by atoms with Gasteiger partial charge >= 0.3 is 5.97 Å². The van der Waals surface area contributed by atoms with Crippen LogP contribution in [-0.2, 0) is 9.53 Å². The zero-order chi connectivity index (χ0) is 8.97. The molecule has 12 heavy (non-hydrogen) atoms. The standard InChI is InChI=1S/C9H14O3/c1-12-9(11)6-7-2-4-8(10)5-3-7/h2,8,10H,3-6H2,1H3. The zero-order valence-electron chi connectivity index (χ0n) is 7.25. The van der Waals surface area contributed by atoms with Gasteiger partial charge in [0.05, 0.1) is 19.6 Å². The minimum Gasteiger partial charge on any atom is -0.469 e. The summed E-state index contributed by atoms with van der Waals surface area (Å²) in [5.41, 5.74) is 1.09. The predicted molar refractivity (Wildman–Crippen MR) is 44.6 cm³/mol. The van der Waals surface area contributed by atoms with Crippen LogP contribution >= 0.6 is 0 Å². The van der Waals surface area contributed by atoms with E-state index < -0.39 is 0 Å². The van der Waals surface area contributed by atoms with E-state index in [2.05, 4.69) is 4.74 Å². The first kappa shape index (κ1) is 9.26. The maximum absolute atomic E-state index is 10.8. The van der Waals surface area contributed by atoms with Crippen molar-refractivity contribution in [1.82, 2.24) is 0 Å². The Morgan fingerprint density at radius 1 is 1.83 bits per heavy atom. The Hall–Kier alpha value is -0.830. The number of carbonyl (C=O) groups is 1. The molecule has 0 radical (unpaired) electrons. The monoisotopic (exact) mass is 170 g/mol. The molecule has 0 saturated carbocycles. The van der Waals surface area contributed by atoms with Crippen LogP contribution < -0.4 is 0 Å². The molecular formula is C9H14O3. The summed E-state index contributed by atoms with van der Waals surface area (Å²) in [5, 5.41) is 9.16. The lowest BCUT2D eigenvalue weighted by Gasteiger charge is -2.16. The SMILES string of the molecule is COC(=O)CC1=CCC(O)CC1. The van der Waals surface area contributed by atoms with Gasteiger partial charge in [-0.25, -0.2) is 0 Å². The number of aliphatic hydroxyl groups excluding tert-OH is 1. The maximum atomic E-state index is 10.8. The minimum atomic E-state index is -0.216. The number of carbonyl (C=O) groups excluding carboxylic acids is 1. The Kier molecular flexibility index (Phi) is 3.29. The molecule has 1 rings (SSSR count). The van der Waals surface area contributed by atoms with Crippen LogP contribution in [0.5, 0.6) is 0 Å². The summed E-state index contributed by atoms with van der Waals surface area (Å²) < 4.78 is 4.54. The molecule has 0 aromatic carbocycles. The summed E-state index contributed by atoms with van der Waals surface area (Å²) in [5.74, 6) is -0.197. The smallest absolute Gasteiger partial charge is 0.309 e. The first-order valence-electron chi connectivity index (χ1n) is 4.15. The van der Waals surface area contributed by atoms with Gasteiger partial charge in [0.15, 0.2) is 0 Å². The van der Waals surface area contributed by atoms with E-state index in [1.165, 1.54) is 7.11 Å². The van der Waals surface area contributed by atoms with Gasteiger partial charge in [-0.15, -0.1) is 0 Å². The van der Waals surface area contributed by atoms with E-state index in [0.717, 1.165) is 18.4 Å². The van der Waals surface area contributed by atoms with E-state index in [9.17, 15) is 4.79 Å². The predicted octanol–water partition coefficient (Wildman–Crippen LogP) is 1.02. The van der Waals surface area contributed by atoms with Crippen LogP contribution in [0.2, 0.25) is 0 Å². The van der Waals surface area contributed by atoms with Gasteiger partial charge in [0.2, 0.25) is 0 Å². The second-order valence-corrected chi connectivity index (χ2v) is 3.04. The first-order chi connectivity index (χ1) is 5.72. The first-order valence-corrected chi connectivity index (χ1v) is 4.15. The van der Waals surface area contributed by atoms with E-state index in [0.29, 0.717) is 12.8 Å². The normalized spacial score (nSPS) is 23.2. The molecule has 1 unspecified atom stereocenters. The Bertz CT molecular complexity index is 196. The summed E-state index contributed by atoms with van der Waals surface area (Å²) in [4.78, 5) is 10.8. The van der Waals surface area contributed by atoms with Gasteiger partial charge in [-0.2, -0.15) is 0 Å². The Balaban J connectivity index is 2.38. The lowest BCUT2D eigenvalue weighted by Crippen LogP contribution is -2.12. The molecule has 0 amide bonds. The number of aliphatic hydroxyl groups is 1. The van der Waals surface area contributed by atoms with Gasteiger partial charge in [-0.3, -0.25) is 4.79 Å². The summed E-state index contributed by atoms with van der Waals surface area (Å²) in [6.07, 6.45) is 4.35. The minimum absolute atomic E-state index is 0.197. The third-order valence-electron chi connectivity index (χ3n) is 2.08. The topological polar surface area (TPSA) is 46.5 Å². The largest absolute Gasteiger partial charge is 0.469 e. The van der Waals surface area contributed by atoms with Crippen LogP contribution in [0.25, 0.3) is 0 Å². The molecule has 0 bridgehead atoms. The lowest BCUT2D eigenvalue weighted by atomic mass is 9.95. The lowest BCUT2D eigenvalue weighted by molar-refractivity contribution is -0.139. The molecule has 0 fully saturated rings. The van der Waals surface area contributed by atoms with Crippen molar-refractivity contribution in [3.63, 3.8) is 0 Å². The maximum Gasteiger partial charge on any atom is 0.309 e. The van der Waals surface area contributed by atoms with Gasteiger partial charge in [-0.1, -0.05) is 11.6 Å². The van der Waals surface area contributed by atoms with Gasteiger partial charge in [0, 0.05) is 0 Å². The molecule has 0 aromatic rings. The highest BCUT2D eigenvalue weighted by atomic mass is 16.5. The second-order valence-electron chi connectivity index (χ2n) is 3.04. The van der Waals surface area contributed by atoms with Crippen LogP contribution in [-0.4, -0.2) is 24.3 Å². The Labute approximate surface area is 72.0 Å². The zero-order valence-corrected chi connectivity index (χ0v) is 7.25. The van der Waals surface area contributed by atoms with Crippen molar-refractivity contribution in [1.29, 1.82) is 0 Å². The highest BCUT2D eigenvalue weighted by Gasteiger charge is 2.13. The molecule has 1 atom stereocenters.